The maximum Gasteiger partial charge on any atom is 0.371 e. The van der Waals surface area contributed by atoms with E-state index in [1.807, 2.05) is 7.05 Å². The molecule has 0 bridgehead atoms. The summed E-state index contributed by atoms with van der Waals surface area (Å²) in [5, 5.41) is 8.69. The van der Waals surface area contributed by atoms with Gasteiger partial charge >= 0.3 is 5.97 Å². The third kappa shape index (κ3) is 1.45. The zero-order valence-electron chi connectivity index (χ0n) is 7.41. The first-order chi connectivity index (χ1) is 6.16. The Kier molecular flexibility index (Phi) is 1.84. The lowest BCUT2D eigenvalue weighted by Gasteiger charge is -2.20. The quantitative estimate of drug-likeness (QED) is 0.701. The van der Waals surface area contributed by atoms with Crippen LogP contribution in [0.25, 0.3) is 0 Å². The molecule has 1 aromatic heterocycles. The highest BCUT2D eigenvalue weighted by molar-refractivity contribution is 5.84. The molecule has 0 saturated heterocycles. The molecule has 1 N–H and O–H groups in total. The van der Waals surface area contributed by atoms with E-state index in [1.54, 1.807) is 6.07 Å². The highest BCUT2D eigenvalue weighted by Gasteiger charge is 2.20. The van der Waals surface area contributed by atoms with Crippen molar-refractivity contribution < 1.29 is 14.3 Å². The van der Waals surface area contributed by atoms with Gasteiger partial charge in [0.25, 0.3) is 0 Å². The van der Waals surface area contributed by atoms with E-state index in [1.165, 1.54) is 0 Å². The normalized spacial score (nSPS) is 17.0. The molecule has 70 valence electrons. The Labute approximate surface area is 75.8 Å². The number of nitrogens with zero attached hydrogens (tertiary/aromatic N) is 1. The van der Waals surface area contributed by atoms with Gasteiger partial charge in [-0.2, -0.15) is 0 Å². The summed E-state index contributed by atoms with van der Waals surface area (Å²) in [6.45, 7) is 1.71. The molecule has 0 radical (unpaired) electrons. The molecule has 4 nitrogen and oxygen atoms in total. The summed E-state index contributed by atoms with van der Waals surface area (Å²) in [6, 6.07) is 1.62. The van der Waals surface area contributed by atoms with E-state index < -0.39 is 5.97 Å². The largest absolute Gasteiger partial charge is 0.475 e. The average Bonchev–Trinajstić information content (AvgIpc) is 2.46. The van der Waals surface area contributed by atoms with E-state index in [0.717, 1.165) is 30.8 Å². The molecule has 4 heteroatoms. The van der Waals surface area contributed by atoms with Crippen LogP contribution in [0.5, 0.6) is 0 Å². The molecule has 2 rings (SSSR count). The number of hydrogen-bond donors (Lipinski definition) is 1. The third-order valence-electron chi connectivity index (χ3n) is 2.27. The van der Waals surface area contributed by atoms with Gasteiger partial charge in [-0.15, -0.1) is 0 Å². The summed E-state index contributed by atoms with van der Waals surface area (Å²) in [6.07, 6.45) is 0.805. The molecule has 0 amide bonds. The number of carboxylic acids is 1. The van der Waals surface area contributed by atoms with Gasteiger partial charge in [0.15, 0.2) is 0 Å². The van der Waals surface area contributed by atoms with Crippen LogP contribution >= 0.6 is 0 Å². The Morgan fingerprint density at radius 1 is 1.69 bits per heavy atom. The van der Waals surface area contributed by atoms with Gasteiger partial charge in [0, 0.05) is 25.1 Å². The number of aromatic carboxylic acids is 1. The summed E-state index contributed by atoms with van der Waals surface area (Å²) in [4.78, 5) is 12.7. The first kappa shape index (κ1) is 8.31. The Balaban J connectivity index is 2.33. The van der Waals surface area contributed by atoms with Crippen LogP contribution in [-0.2, 0) is 13.0 Å². The van der Waals surface area contributed by atoms with E-state index in [9.17, 15) is 4.79 Å². The highest BCUT2D eigenvalue weighted by Crippen LogP contribution is 2.21. The van der Waals surface area contributed by atoms with E-state index >= 15 is 0 Å². The van der Waals surface area contributed by atoms with E-state index in [0.29, 0.717) is 0 Å². The lowest BCUT2D eigenvalue weighted by atomic mass is 10.1. The second-order valence-corrected chi connectivity index (χ2v) is 3.35. The summed E-state index contributed by atoms with van der Waals surface area (Å²) >= 11 is 0. The zero-order chi connectivity index (χ0) is 9.42. The molecule has 0 fully saturated rings. The first-order valence-corrected chi connectivity index (χ1v) is 4.20. The number of furan rings is 1. The van der Waals surface area contributed by atoms with Crippen molar-refractivity contribution in [2.75, 3.05) is 13.6 Å². The van der Waals surface area contributed by atoms with Gasteiger partial charge in [0.05, 0.1) is 0 Å². The molecule has 0 atom stereocenters. The Morgan fingerprint density at radius 3 is 3.15 bits per heavy atom. The Bertz CT molecular complexity index is 343. The summed E-state index contributed by atoms with van der Waals surface area (Å²) in [5.74, 6) is -0.104. The lowest BCUT2D eigenvalue weighted by molar-refractivity contribution is 0.0660. The van der Waals surface area contributed by atoms with Gasteiger partial charge in [-0.05, 0) is 13.1 Å². The molecule has 1 aromatic rings. The number of fused-ring (bicyclic) bond motifs is 1. The van der Waals surface area contributed by atoms with Gasteiger partial charge in [-0.3, -0.25) is 0 Å². The highest BCUT2D eigenvalue weighted by atomic mass is 16.4. The molecular formula is C9H11NO3. The van der Waals surface area contributed by atoms with Crippen LogP contribution in [-0.4, -0.2) is 29.6 Å². The number of carbonyl (C=O) groups is 1. The maximum absolute atomic E-state index is 10.6. The van der Waals surface area contributed by atoms with Crippen LogP contribution in [0.15, 0.2) is 10.5 Å². The van der Waals surface area contributed by atoms with E-state index in [2.05, 4.69) is 4.90 Å². The maximum atomic E-state index is 10.6. The molecule has 1 aliphatic heterocycles. The van der Waals surface area contributed by atoms with E-state index in [4.69, 9.17) is 9.52 Å². The van der Waals surface area contributed by atoms with Gasteiger partial charge < -0.3 is 14.4 Å². The van der Waals surface area contributed by atoms with Crippen molar-refractivity contribution in [1.82, 2.24) is 4.90 Å². The summed E-state index contributed by atoms with van der Waals surface area (Å²) < 4.78 is 5.19. The van der Waals surface area contributed by atoms with Crippen molar-refractivity contribution in [1.29, 1.82) is 0 Å². The van der Waals surface area contributed by atoms with Gasteiger partial charge in [0.1, 0.15) is 5.76 Å². The fraction of sp³-hybridized carbons (Fsp3) is 0.444. The number of carboxylic acid groups (broad SMARTS) is 1. The number of rotatable bonds is 1. The SMILES string of the molecule is CN1CCc2oc(C(=O)O)cc2C1. The number of likely N-dealkylation sites (N-methyl/N-ethyl adjacent to an activating group) is 1. The smallest absolute Gasteiger partial charge is 0.371 e. The monoisotopic (exact) mass is 181 g/mol. The second-order valence-electron chi connectivity index (χ2n) is 3.35. The summed E-state index contributed by atoms with van der Waals surface area (Å²) in [5.41, 5.74) is 1.01. The minimum atomic E-state index is -0.989. The fourth-order valence-corrected chi connectivity index (χ4v) is 1.58. The minimum absolute atomic E-state index is 0.0558. The van der Waals surface area contributed by atoms with Crippen molar-refractivity contribution in [3.8, 4) is 0 Å². The molecule has 0 saturated carbocycles. The van der Waals surface area contributed by atoms with Crippen LogP contribution in [0.1, 0.15) is 21.9 Å². The van der Waals surface area contributed by atoms with Crippen LogP contribution < -0.4 is 0 Å². The molecule has 0 aliphatic carbocycles. The topological polar surface area (TPSA) is 53.7 Å². The molecule has 1 aliphatic rings. The molecule has 0 aromatic carbocycles. The zero-order valence-corrected chi connectivity index (χ0v) is 7.41. The van der Waals surface area contributed by atoms with Crippen molar-refractivity contribution >= 4 is 5.97 Å². The molecule has 2 heterocycles. The first-order valence-electron chi connectivity index (χ1n) is 4.20. The van der Waals surface area contributed by atoms with Gasteiger partial charge in [0.2, 0.25) is 5.76 Å². The van der Waals surface area contributed by atoms with Crippen molar-refractivity contribution in [3.63, 3.8) is 0 Å². The van der Waals surface area contributed by atoms with Gasteiger partial charge in [-0.25, -0.2) is 4.79 Å². The fourth-order valence-electron chi connectivity index (χ4n) is 1.58. The van der Waals surface area contributed by atoms with Crippen molar-refractivity contribution in [3.05, 3.63) is 23.2 Å². The van der Waals surface area contributed by atoms with Crippen LogP contribution in [0.3, 0.4) is 0 Å². The standard InChI is InChI=1S/C9H11NO3/c1-10-3-2-7-6(5-10)4-8(13-7)9(11)12/h4H,2-3,5H2,1H3,(H,11,12). The predicted octanol–water partition coefficient (Wildman–Crippen LogP) is 0.966. The molecule has 0 unspecified atom stereocenters. The number of hydrogen-bond acceptors (Lipinski definition) is 3. The molecule has 13 heavy (non-hydrogen) atoms. The van der Waals surface area contributed by atoms with Crippen LogP contribution in [0.2, 0.25) is 0 Å². The van der Waals surface area contributed by atoms with E-state index in [-0.39, 0.29) is 5.76 Å². The second kappa shape index (κ2) is 2.88. The summed E-state index contributed by atoms with van der Waals surface area (Å²) in [7, 11) is 2.01. The van der Waals surface area contributed by atoms with Gasteiger partial charge in [-0.1, -0.05) is 0 Å². The predicted molar refractivity (Wildman–Crippen MR) is 45.7 cm³/mol. The average molecular weight is 181 g/mol. The lowest BCUT2D eigenvalue weighted by Crippen LogP contribution is -2.25. The van der Waals surface area contributed by atoms with Crippen molar-refractivity contribution in [2.24, 2.45) is 0 Å². The molecule has 0 spiro atoms. The third-order valence-corrected chi connectivity index (χ3v) is 2.27. The van der Waals surface area contributed by atoms with Crippen LogP contribution in [0.4, 0.5) is 0 Å². The Morgan fingerprint density at radius 2 is 2.46 bits per heavy atom. The van der Waals surface area contributed by atoms with Crippen LogP contribution in [0, 0.1) is 0 Å². The Hall–Kier alpha value is -1.29. The minimum Gasteiger partial charge on any atom is -0.475 e. The van der Waals surface area contributed by atoms with Crippen molar-refractivity contribution in [2.45, 2.75) is 13.0 Å². The molecular weight excluding hydrogens is 170 g/mol.